The molecule has 2 heterocycles. The van der Waals surface area contributed by atoms with E-state index < -0.39 is 21.7 Å². The molecule has 0 radical (unpaired) electrons. The van der Waals surface area contributed by atoms with Crippen molar-refractivity contribution in [1.29, 1.82) is 0 Å². The standard InChI is InChI=1S/C26H33F2N5O3S2/c1-3-5-11-33(4-2)38(35,36)21-8-6-19(7-9-21)25(34)29-10-12-31-13-15-32(16-14-31)26-30-24-22(28)17-20(27)18-23(24)37-26/h6-9,17-18H,3-5,10-16H2,1-2H3,(H,29,34). The maximum atomic E-state index is 14.0. The molecule has 2 aromatic carbocycles. The first kappa shape index (κ1) is 28.3. The molecule has 0 atom stereocenters. The number of fused-ring (bicyclic) bond motifs is 1. The summed E-state index contributed by atoms with van der Waals surface area (Å²) in [5, 5.41) is 3.57. The molecule has 1 aliphatic rings. The Kier molecular flexibility index (Phi) is 9.29. The van der Waals surface area contributed by atoms with Crippen LogP contribution in [-0.4, -0.2) is 80.9 Å². The molecule has 1 fully saturated rings. The van der Waals surface area contributed by atoms with E-state index >= 15 is 0 Å². The SMILES string of the molecule is CCCCN(CC)S(=O)(=O)c1ccc(C(=O)NCCN2CCN(c3nc4c(F)cc(F)cc4s3)CC2)cc1. The fraction of sp³-hybridized carbons (Fsp3) is 0.462. The van der Waals surface area contributed by atoms with E-state index in [1.54, 1.807) is 12.1 Å². The lowest BCUT2D eigenvalue weighted by atomic mass is 10.2. The van der Waals surface area contributed by atoms with E-state index in [2.05, 4.69) is 20.1 Å². The van der Waals surface area contributed by atoms with Crippen LogP contribution in [0, 0.1) is 11.6 Å². The minimum atomic E-state index is -3.58. The number of rotatable bonds is 11. The first-order valence-electron chi connectivity index (χ1n) is 12.8. The van der Waals surface area contributed by atoms with Crippen molar-refractivity contribution in [2.24, 2.45) is 0 Å². The van der Waals surface area contributed by atoms with Crippen molar-refractivity contribution >= 4 is 42.6 Å². The van der Waals surface area contributed by atoms with Crippen LogP contribution in [0.3, 0.4) is 0 Å². The number of thiazole rings is 1. The van der Waals surface area contributed by atoms with Gasteiger partial charge in [0.2, 0.25) is 10.0 Å². The summed E-state index contributed by atoms with van der Waals surface area (Å²) >= 11 is 1.28. The van der Waals surface area contributed by atoms with Crippen LogP contribution in [0.5, 0.6) is 0 Å². The molecule has 1 aromatic heterocycles. The number of aromatic nitrogens is 1. The van der Waals surface area contributed by atoms with Crippen molar-refractivity contribution in [3.8, 4) is 0 Å². The van der Waals surface area contributed by atoms with Gasteiger partial charge in [0, 0.05) is 64.0 Å². The second kappa shape index (κ2) is 12.5. The minimum Gasteiger partial charge on any atom is -0.351 e. The third-order valence-electron chi connectivity index (χ3n) is 6.63. The van der Waals surface area contributed by atoms with Gasteiger partial charge in [0.25, 0.3) is 5.91 Å². The second-order valence-corrected chi connectivity index (χ2v) is 12.1. The van der Waals surface area contributed by atoms with Gasteiger partial charge in [0.05, 0.1) is 9.60 Å². The summed E-state index contributed by atoms with van der Waals surface area (Å²) in [6.45, 7) is 8.72. The van der Waals surface area contributed by atoms with Gasteiger partial charge >= 0.3 is 0 Å². The summed E-state index contributed by atoms with van der Waals surface area (Å²) in [7, 11) is -3.58. The number of unbranched alkanes of at least 4 members (excludes halogenated alkanes) is 1. The highest BCUT2D eigenvalue weighted by molar-refractivity contribution is 7.89. The van der Waals surface area contributed by atoms with Crippen LogP contribution in [0.4, 0.5) is 13.9 Å². The molecule has 1 saturated heterocycles. The summed E-state index contributed by atoms with van der Waals surface area (Å²) in [4.78, 5) is 21.4. The number of benzene rings is 2. The number of carbonyl (C=O) groups excluding carboxylic acids is 1. The van der Waals surface area contributed by atoms with Crippen molar-refractivity contribution in [1.82, 2.24) is 19.5 Å². The van der Waals surface area contributed by atoms with Gasteiger partial charge in [-0.25, -0.2) is 22.2 Å². The summed E-state index contributed by atoms with van der Waals surface area (Å²) in [5.74, 6) is -1.51. The lowest BCUT2D eigenvalue weighted by Crippen LogP contribution is -2.48. The van der Waals surface area contributed by atoms with Gasteiger partial charge in [-0.3, -0.25) is 9.69 Å². The Labute approximate surface area is 226 Å². The lowest BCUT2D eigenvalue weighted by molar-refractivity contribution is 0.0947. The monoisotopic (exact) mass is 565 g/mol. The highest BCUT2D eigenvalue weighted by Gasteiger charge is 2.23. The van der Waals surface area contributed by atoms with E-state index in [9.17, 15) is 22.0 Å². The van der Waals surface area contributed by atoms with Crippen molar-refractivity contribution in [2.75, 3.05) is 57.3 Å². The zero-order valence-corrected chi connectivity index (χ0v) is 23.3. The maximum absolute atomic E-state index is 14.0. The molecule has 4 rings (SSSR count). The smallest absolute Gasteiger partial charge is 0.251 e. The minimum absolute atomic E-state index is 0.186. The molecule has 0 saturated carbocycles. The number of anilines is 1. The largest absolute Gasteiger partial charge is 0.351 e. The van der Waals surface area contributed by atoms with Crippen molar-refractivity contribution < 1.29 is 22.0 Å². The van der Waals surface area contributed by atoms with Gasteiger partial charge in [-0.2, -0.15) is 4.31 Å². The summed E-state index contributed by atoms with van der Waals surface area (Å²) < 4.78 is 55.2. The van der Waals surface area contributed by atoms with E-state index in [1.807, 2.05) is 13.8 Å². The molecule has 8 nitrogen and oxygen atoms in total. The molecule has 0 spiro atoms. The predicted molar refractivity (Wildman–Crippen MR) is 146 cm³/mol. The Morgan fingerprint density at radius 3 is 2.47 bits per heavy atom. The predicted octanol–water partition coefficient (Wildman–Crippen LogP) is 3.94. The zero-order chi connectivity index (χ0) is 27.3. The molecule has 1 amide bonds. The molecule has 12 heteroatoms. The first-order valence-corrected chi connectivity index (χ1v) is 15.1. The van der Waals surface area contributed by atoms with Gasteiger partial charge in [-0.05, 0) is 36.8 Å². The molecule has 0 aliphatic carbocycles. The Hall–Kier alpha value is -2.67. The number of hydrogen-bond acceptors (Lipinski definition) is 7. The highest BCUT2D eigenvalue weighted by Crippen LogP contribution is 2.31. The number of nitrogens with zero attached hydrogens (tertiary/aromatic N) is 4. The van der Waals surface area contributed by atoms with Crippen LogP contribution in [0.2, 0.25) is 0 Å². The zero-order valence-electron chi connectivity index (χ0n) is 21.6. The van der Waals surface area contributed by atoms with E-state index in [-0.39, 0.29) is 16.3 Å². The number of halogens is 2. The van der Waals surface area contributed by atoms with E-state index in [1.165, 1.54) is 33.8 Å². The molecule has 3 aromatic rings. The molecular formula is C26H33F2N5O3S2. The van der Waals surface area contributed by atoms with E-state index in [0.29, 0.717) is 54.7 Å². The molecule has 1 N–H and O–H groups in total. The van der Waals surface area contributed by atoms with Gasteiger partial charge in [0.1, 0.15) is 11.3 Å². The number of amides is 1. The van der Waals surface area contributed by atoms with Gasteiger partial charge in [-0.15, -0.1) is 0 Å². The Morgan fingerprint density at radius 1 is 1.11 bits per heavy atom. The van der Waals surface area contributed by atoms with Gasteiger partial charge in [-0.1, -0.05) is 31.6 Å². The van der Waals surface area contributed by atoms with Crippen molar-refractivity contribution in [3.05, 3.63) is 53.6 Å². The van der Waals surface area contributed by atoms with E-state index in [0.717, 1.165) is 32.0 Å². The number of piperazine rings is 1. The Morgan fingerprint density at radius 2 is 1.82 bits per heavy atom. The topological polar surface area (TPSA) is 85.8 Å². The van der Waals surface area contributed by atoms with Crippen LogP contribution < -0.4 is 10.2 Å². The Bertz CT molecular complexity index is 1360. The number of hydrogen-bond donors (Lipinski definition) is 1. The third kappa shape index (κ3) is 6.48. The van der Waals surface area contributed by atoms with Crippen LogP contribution in [0.1, 0.15) is 37.0 Å². The fourth-order valence-electron chi connectivity index (χ4n) is 4.38. The summed E-state index contributed by atoms with van der Waals surface area (Å²) in [5.41, 5.74) is 0.603. The summed E-state index contributed by atoms with van der Waals surface area (Å²) in [6.07, 6.45) is 1.71. The molecule has 38 heavy (non-hydrogen) atoms. The Balaban J connectivity index is 1.24. The van der Waals surface area contributed by atoms with Crippen LogP contribution in [0.15, 0.2) is 41.3 Å². The summed E-state index contributed by atoms with van der Waals surface area (Å²) in [6, 6.07) is 8.21. The lowest BCUT2D eigenvalue weighted by Gasteiger charge is -2.34. The molecule has 206 valence electrons. The molecule has 1 aliphatic heterocycles. The molecular weight excluding hydrogens is 532 g/mol. The van der Waals surface area contributed by atoms with Crippen LogP contribution in [0.25, 0.3) is 10.2 Å². The van der Waals surface area contributed by atoms with Crippen molar-refractivity contribution in [3.63, 3.8) is 0 Å². The maximum Gasteiger partial charge on any atom is 0.251 e. The second-order valence-electron chi connectivity index (χ2n) is 9.19. The van der Waals surface area contributed by atoms with Crippen LogP contribution >= 0.6 is 11.3 Å². The van der Waals surface area contributed by atoms with Gasteiger partial charge < -0.3 is 10.2 Å². The molecule has 0 unspecified atom stereocenters. The first-order chi connectivity index (χ1) is 18.2. The highest BCUT2D eigenvalue weighted by atomic mass is 32.2. The van der Waals surface area contributed by atoms with Gasteiger partial charge in [0.15, 0.2) is 10.9 Å². The quantitative estimate of drug-likeness (QED) is 0.379. The molecule has 0 bridgehead atoms. The average Bonchev–Trinajstić information content (AvgIpc) is 3.34. The number of nitrogens with one attached hydrogen (secondary N) is 1. The number of carbonyl (C=O) groups is 1. The normalized spacial score (nSPS) is 14.9. The van der Waals surface area contributed by atoms with Crippen LogP contribution in [-0.2, 0) is 10.0 Å². The van der Waals surface area contributed by atoms with Crippen molar-refractivity contribution in [2.45, 2.75) is 31.6 Å². The van der Waals surface area contributed by atoms with E-state index in [4.69, 9.17) is 0 Å². The number of sulfonamides is 1. The fourth-order valence-corrected chi connectivity index (χ4v) is 6.93. The average molecular weight is 566 g/mol. The third-order valence-corrected chi connectivity index (χ3v) is 9.68.